The molecular formula is C16H22N2O2. The number of benzene rings is 1. The summed E-state index contributed by atoms with van der Waals surface area (Å²) in [5, 5.41) is 6.42. The highest BCUT2D eigenvalue weighted by Crippen LogP contribution is 2.17. The molecule has 2 heterocycles. The monoisotopic (exact) mass is 274 g/mol. The third-order valence-corrected chi connectivity index (χ3v) is 4.30. The summed E-state index contributed by atoms with van der Waals surface area (Å²) in [6, 6.07) is 8.24. The Balaban J connectivity index is 1.51. The molecule has 0 radical (unpaired) electrons. The Morgan fingerprint density at radius 2 is 2.00 bits per heavy atom. The number of ether oxygens (including phenoxy) is 1. The molecular weight excluding hydrogens is 252 g/mol. The van der Waals surface area contributed by atoms with Crippen molar-refractivity contribution in [3.05, 3.63) is 35.4 Å². The van der Waals surface area contributed by atoms with Crippen molar-refractivity contribution in [1.29, 1.82) is 0 Å². The van der Waals surface area contributed by atoms with E-state index in [1.165, 1.54) is 11.1 Å². The van der Waals surface area contributed by atoms with Crippen LogP contribution in [0.1, 0.15) is 24.0 Å². The lowest BCUT2D eigenvalue weighted by molar-refractivity contribution is -0.123. The van der Waals surface area contributed by atoms with Crippen LogP contribution in [0.4, 0.5) is 0 Å². The van der Waals surface area contributed by atoms with Crippen LogP contribution < -0.4 is 10.6 Å². The number of rotatable bonds is 3. The van der Waals surface area contributed by atoms with E-state index in [9.17, 15) is 4.79 Å². The van der Waals surface area contributed by atoms with Crippen molar-refractivity contribution in [3.8, 4) is 0 Å². The molecule has 20 heavy (non-hydrogen) atoms. The summed E-state index contributed by atoms with van der Waals surface area (Å²) in [7, 11) is 0. The second-order valence-corrected chi connectivity index (χ2v) is 5.71. The third-order valence-electron chi connectivity index (χ3n) is 4.30. The maximum atomic E-state index is 12.2. The average Bonchev–Trinajstić information content (AvgIpc) is 2.53. The van der Waals surface area contributed by atoms with Gasteiger partial charge < -0.3 is 15.4 Å². The number of carbonyl (C=O) groups excluding carboxylic acids is 1. The lowest BCUT2D eigenvalue weighted by atomic mass is 9.95. The Labute approximate surface area is 119 Å². The van der Waals surface area contributed by atoms with E-state index >= 15 is 0 Å². The van der Waals surface area contributed by atoms with Gasteiger partial charge >= 0.3 is 0 Å². The number of hydrogen-bond acceptors (Lipinski definition) is 3. The van der Waals surface area contributed by atoms with E-state index < -0.39 is 0 Å². The minimum absolute atomic E-state index is 0.0928. The summed E-state index contributed by atoms with van der Waals surface area (Å²) in [5.41, 5.74) is 2.60. The zero-order valence-corrected chi connectivity index (χ0v) is 11.7. The predicted molar refractivity (Wildman–Crippen MR) is 77.3 cm³/mol. The van der Waals surface area contributed by atoms with Gasteiger partial charge in [0.05, 0.1) is 6.04 Å². The van der Waals surface area contributed by atoms with Gasteiger partial charge in [0.25, 0.3) is 0 Å². The van der Waals surface area contributed by atoms with Crippen LogP contribution in [-0.4, -0.2) is 31.7 Å². The molecule has 3 rings (SSSR count). The molecule has 0 aromatic heterocycles. The Bertz CT molecular complexity index is 469. The standard InChI is InChI=1S/C16H22N2O2/c19-16(18-10-12-5-7-20-8-6-12)15-9-13-3-1-2-4-14(13)11-17-15/h1-4,12,15,17H,5-11H2,(H,18,19)/t15-/m1/s1. The highest BCUT2D eigenvalue weighted by Gasteiger charge is 2.24. The zero-order chi connectivity index (χ0) is 13.8. The molecule has 0 aliphatic carbocycles. The van der Waals surface area contributed by atoms with E-state index in [1.54, 1.807) is 0 Å². The SMILES string of the molecule is O=C(NCC1CCOCC1)[C@H]1Cc2ccccc2CN1. The molecule has 0 unspecified atom stereocenters. The molecule has 0 spiro atoms. The van der Waals surface area contributed by atoms with Crippen molar-refractivity contribution in [2.45, 2.75) is 31.8 Å². The van der Waals surface area contributed by atoms with Crippen molar-refractivity contribution in [2.75, 3.05) is 19.8 Å². The molecule has 0 bridgehead atoms. The fourth-order valence-corrected chi connectivity index (χ4v) is 2.96. The molecule has 2 N–H and O–H groups in total. The molecule has 4 heteroatoms. The largest absolute Gasteiger partial charge is 0.381 e. The van der Waals surface area contributed by atoms with Crippen molar-refractivity contribution < 1.29 is 9.53 Å². The van der Waals surface area contributed by atoms with E-state index in [0.717, 1.165) is 45.6 Å². The Morgan fingerprint density at radius 3 is 2.80 bits per heavy atom. The fraction of sp³-hybridized carbons (Fsp3) is 0.562. The summed E-state index contributed by atoms with van der Waals surface area (Å²) in [5.74, 6) is 0.703. The molecule has 0 saturated carbocycles. The molecule has 4 nitrogen and oxygen atoms in total. The molecule has 2 aliphatic rings. The van der Waals surface area contributed by atoms with E-state index in [0.29, 0.717) is 5.92 Å². The van der Waals surface area contributed by atoms with Crippen molar-refractivity contribution in [3.63, 3.8) is 0 Å². The lowest BCUT2D eigenvalue weighted by Gasteiger charge is -2.27. The van der Waals surface area contributed by atoms with Gasteiger partial charge in [-0.15, -0.1) is 0 Å². The zero-order valence-electron chi connectivity index (χ0n) is 11.7. The number of fused-ring (bicyclic) bond motifs is 1. The second kappa shape index (κ2) is 6.37. The summed E-state index contributed by atoms with van der Waals surface area (Å²) in [6.45, 7) is 3.22. The maximum absolute atomic E-state index is 12.2. The number of carbonyl (C=O) groups is 1. The smallest absolute Gasteiger partial charge is 0.237 e. The first-order valence-electron chi connectivity index (χ1n) is 7.48. The Hall–Kier alpha value is -1.39. The van der Waals surface area contributed by atoms with Crippen molar-refractivity contribution in [2.24, 2.45) is 5.92 Å². The molecule has 1 fully saturated rings. The first kappa shape index (κ1) is 13.6. The minimum Gasteiger partial charge on any atom is -0.381 e. The summed E-state index contributed by atoms with van der Waals surface area (Å²) in [6.07, 6.45) is 2.90. The molecule has 2 aliphatic heterocycles. The molecule has 1 saturated heterocycles. The van der Waals surface area contributed by atoms with E-state index in [1.807, 2.05) is 12.1 Å². The summed E-state index contributed by atoms with van der Waals surface area (Å²) >= 11 is 0. The van der Waals surface area contributed by atoms with Crippen LogP contribution in [0.3, 0.4) is 0 Å². The van der Waals surface area contributed by atoms with E-state index in [-0.39, 0.29) is 11.9 Å². The van der Waals surface area contributed by atoms with Gasteiger partial charge in [0.2, 0.25) is 5.91 Å². The van der Waals surface area contributed by atoms with Gasteiger partial charge in [-0.3, -0.25) is 4.79 Å². The van der Waals surface area contributed by atoms with Gasteiger partial charge in [0.15, 0.2) is 0 Å². The minimum atomic E-state index is -0.0928. The third kappa shape index (κ3) is 3.19. The van der Waals surface area contributed by atoms with Crippen LogP contribution in [-0.2, 0) is 22.5 Å². The Morgan fingerprint density at radius 1 is 1.25 bits per heavy atom. The van der Waals surface area contributed by atoms with Crippen LogP contribution in [0, 0.1) is 5.92 Å². The Kier molecular flexibility index (Phi) is 4.33. The lowest BCUT2D eigenvalue weighted by Crippen LogP contribution is -2.48. The van der Waals surface area contributed by atoms with Gasteiger partial charge in [-0.2, -0.15) is 0 Å². The summed E-state index contributed by atoms with van der Waals surface area (Å²) in [4.78, 5) is 12.2. The van der Waals surface area contributed by atoms with Crippen LogP contribution in [0.15, 0.2) is 24.3 Å². The normalized spacial score (nSPS) is 23.1. The van der Waals surface area contributed by atoms with Gasteiger partial charge in [0, 0.05) is 26.3 Å². The highest BCUT2D eigenvalue weighted by atomic mass is 16.5. The van der Waals surface area contributed by atoms with Crippen LogP contribution in [0.2, 0.25) is 0 Å². The molecule has 1 aromatic carbocycles. The van der Waals surface area contributed by atoms with Crippen LogP contribution in [0.5, 0.6) is 0 Å². The number of nitrogens with one attached hydrogen (secondary N) is 2. The van der Waals surface area contributed by atoms with Gasteiger partial charge in [-0.05, 0) is 36.3 Å². The summed E-state index contributed by atoms with van der Waals surface area (Å²) < 4.78 is 5.34. The number of hydrogen-bond donors (Lipinski definition) is 2. The first-order valence-corrected chi connectivity index (χ1v) is 7.48. The molecule has 1 aromatic rings. The molecule has 108 valence electrons. The molecule has 1 atom stereocenters. The molecule has 1 amide bonds. The number of amides is 1. The highest BCUT2D eigenvalue weighted by molar-refractivity contribution is 5.82. The van der Waals surface area contributed by atoms with Gasteiger partial charge in [-0.25, -0.2) is 0 Å². The van der Waals surface area contributed by atoms with Crippen LogP contribution in [0.25, 0.3) is 0 Å². The quantitative estimate of drug-likeness (QED) is 0.872. The second-order valence-electron chi connectivity index (χ2n) is 5.71. The average molecular weight is 274 g/mol. The fourth-order valence-electron chi connectivity index (χ4n) is 2.96. The maximum Gasteiger partial charge on any atom is 0.237 e. The van der Waals surface area contributed by atoms with Gasteiger partial charge in [-0.1, -0.05) is 24.3 Å². The van der Waals surface area contributed by atoms with E-state index in [2.05, 4.69) is 22.8 Å². The van der Waals surface area contributed by atoms with Crippen LogP contribution >= 0.6 is 0 Å². The first-order chi connectivity index (χ1) is 9.83. The van der Waals surface area contributed by atoms with E-state index in [4.69, 9.17) is 4.74 Å². The van der Waals surface area contributed by atoms with Gasteiger partial charge in [0.1, 0.15) is 0 Å². The topological polar surface area (TPSA) is 50.4 Å². The van der Waals surface area contributed by atoms with Crippen molar-refractivity contribution >= 4 is 5.91 Å². The van der Waals surface area contributed by atoms with Crippen molar-refractivity contribution in [1.82, 2.24) is 10.6 Å². The predicted octanol–water partition coefficient (Wildman–Crippen LogP) is 1.24.